The Kier molecular flexibility index (Phi) is 5.39. The fraction of sp³-hybridized carbons (Fsp3) is 0.0833. The average Bonchev–Trinajstić information content (AvgIpc) is 2.39. The third-order valence-corrected chi connectivity index (χ3v) is 2.69. The van der Waals surface area contributed by atoms with Gasteiger partial charge in [-0.2, -0.15) is 15.8 Å². The van der Waals surface area contributed by atoms with Gasteiger partial charge < -0.3 is 10.1 Å². The van der Waals surface area contributed by atoms with Crippen molar-refractivity contribution in [3.63, 3.8) is 0 Å². The lowest BCUT2D eigenvalue weighted by Gasteiger charge is -2.14. The van der Waals surface area contributed by atoms with E-state index in [1.165, 1.54) is 24.3 Å². The van der Waals surface area contributed by atoms with E-state index in [1.54, 1.807) is 28.7 Å². The van der Waals surface area contributed by atoms with Crippen molar-refractivity contribution >= 4 is 28.3 Å². The van der Waals surface area contributed by atoms with Gasteiger partial charge in [-0.05, 0) is 40.8 Å². The predicted octanol–water partition coefficient (Wildman–Crippen LogP) is 3.43. The van der Waals surface area contributed by atoms with E-state index in [-0.39, 0.29) is 5.69 Å². The van der Waals surface area contributed by atoms with Crippen molar-refractivity contribution in [2.45, 2.75) is 6.36 Å². The molecule has 0 aliphatic carbocycles. The first-order chi connectivity index (χ1) is 9.80. The molecule has 0 aliphatic heterocycles. The van der Waals surface area contributed by atoms with Crippen molar-refractivity contribution in [2.24, 2.45) is 0 Å². The van der Waals surface area contributed by atoms with Crippen molar-refractivity contribution in [3.05, 3.63) is 33.0 Å². The summed E-state index contributed by atoms with van der Waals surface area (Å²) >= 11 is 1.79. The number of anilines is 1. The maximum atomic E-state index is 12.3. The fourth-order valence-electron chi connectivity index (χ4n) is 1.23. The topological polar surface area (TPSA) is 92.6 Å². The van der Waals surface area contributed by atoms with Crippen LogP contribution in [-0.4, -0.2) is 6.36 Å². The molecule has 0 fully saturated rings. The average molecular weight is 404 g/mol. The summed E-state index contributed by atoms with van der Waals surface area (Å²) in [6, 6.07) is 8.30. The van der Waals surface area contributed by atoms with Crippen molar-refractivity contribution < 1.29 is 17.9 Å². The van der Waals surface area contributed by atoms with E-state index < -0.39 is 23.4 Å². The molecule has 0 unspecified atom stereocenters. The molecule has 0 saturated carbocycles. The third kappa shape index (κ3) is 4.86. The van der Waals surface area contributed by atoms with Crippen molar-refractivity contribution in [3.8, 4) is 24.0 Å². The Balaban J connectivity index is 3.27. The van der Waals surface area contributed by atoms with Crippen molar-refractivity contribution in [1.82, 2.24) is 0 Å². The quantitative estimate of drug-likeness (QED) is 0.616. The highest BCUT2D eigenvalue weighted by Crippen LogP contribution is 2.32. The van der Waals surface area contributed by atoms with E-state index in [1.807, 2.05) is 0 Å². The zero-order valence-electron chi connectivity index (χ0n) is 9.99. The smallest absolute Gasteiger partial charge is 0.404 e. The molecule has 0 aromatic heterocycles. The zero-order valence-corrected chi connectivity index (χ0v) is 12.2. The van der Waals surface area contributed by atoms with E-state index in [9.17, 15) is 13.2 Å². The Labute approximate surface area is 131 Å². The minimum Gasteiger partial charge on any atom is -0.404 e. The summed E-state index contributed by atoms with van der Waals surface area (Å²) in [6.07, 6.45) is -4.91. The minimum absolute atomic E-state index is 0.188. The number of nitriles is 3. The number of rotatable bonds is 3. The summed E-state index contributed by atoms with van der Waals surface area (Å²) in [5.41, 5.74) is -1.20. The number of allylic oxidation sites excluding steroid dienone is 2. The summed E-state index contributed by atoms with van der Waals surface area (Å²) in [6.45, 7) is 0. The number of alkyl halides is 3. The second kappa shape index (κ2) is 6.82. The Morgan fingerprint density at radius 2 is 1.76 bits per heavy atom. The molecule has 5 nitrogen and oxygen atoms in total. The third-order valence-electron chi connectivity index (χ3n) is 2.01. The van der Waals surface area contributed by atoms with E-state index in [0.717, 1.165) is 6.07 Å². The van der Waals surface area contributed by atoms with Crippen LogP contribution in [0.1, 0.15) is 0 Å². The summed E-state index contributed by atoms with van der Waals surface area (Å²) in [5.74, 6) is -0.572. The highest BCUT2D eigenvalue weighted by atomic mass is 127. The molecule has 1 aromatic carbocycles. The molecule has 9 heteroatoms. The van der Waals surface area contributed by atoms with Gasteiger partial charge in [0.15, 0.2) is 11.3 Å². The first kappa shape index (κ1) is 16.6. The van der Waals surface area contributed by atoms with Gasteiger partial charge in [-0.15, -0.1) is 13.2 Å². The number of nitrogens with one attached hydrogen (secondary N) is 1. The normalized spacial score (nSPS) is 9.76. The molecule has 0 heterocycles. The second-order valence-electron chi connectivity index (χ2n) is 3.40. The van der Waals surface area contributed by atoms with Crippen LogP contribution in [0.3, 0.4) is 0 Å². The molecule has 1 rings (SSSR count). The molecule has 21 heavy (non-hydrogen) atoms. The highest BCUT2D eigenvalue weighted by molar-refractivity contribution is 14.1. The molecule has 0 aliphatic rings. The summed E-state index contributed by atoms with van der Waals surface area (Å²) in [7, 11) is 0. The van der Waals surface area contributed by atoms with E-state index in [4.69, 9.17) is 15.8 Å². The van der Waals surface area contributed by atoms with E-state index in [2.05, 4.69) is 10.1 Å². The molecule has 106 valence electrons. The fourth-order valence-corrected chi connectivity index (χ4v) is 1.69. The van der Waals surface area contributed by atoms with Gasteiger partial charge >= 0.3 is 6.36 Å². The van der Waals surface area contributed by atoms with Crippen LogP contribution in [0.2, 0.25) is 0 Å². The maximum Gasteiger partial charge on any atom is 0.573 e. The van der Waals surface area contributed by atoms with Gasteiger partial charge in [-0.3, -0.25) is 0 Å². The van der Waals surface area contributed by atoms with Gasteiger partial charge in [-0.1, -0.05) is 0 Å². The number of hydrogen-bond acceptors (Lipinski definition) is 5. The van der Waals surface area contributed by atoms with Gasteiger partial charge in [0.25, 0.3) is 0 Å². The molecular formula is C12H4F3IN4O. The number of hydrogen-bond donors (Lipinski definition) is 1. The second-order valence-corrected chi connectivity index (χ2v) is 4.64. The molecule has 0 amide bonds. The molecule has 0 bridgehead atoms. The minimum atomic E-state index is -4.91. The van der Waals surface area contributed by atoms with Crippen LogP contribution in [0.4, 0.5) is 18.9 Å². The molecule has 0 spiro atoms. The van der Waals surface area contributed by atoms with Gasteiger partial charge in [-0.25, -0.2) is 0 Å². The maximum absolute atomic E-state index is 12.3. The first-order valence-electron chi connectivity index (χ1n) is 5.07. The van der Waals surface area contributed by atoms with Crippen molar-refractivity contribution in [1.29, 1.82) is 15.8 Å². The van der Waals surface area contributed by atoms with E-state index >= 15 is 0 Å². The number of ether oxygens (including phenoxy) is 1. The number of benzene rings is 1. The van der Waals surface area contributed by atoms with Crippen LogP contribution in [0.15, 0.2) is 29.5 Å². The van der Waals surface area contributed by atoms with E-state index in [0.29, 0.717) is 3.57 Å². The lowest BCUT2D eigenvalue weighted by molar-refractivity contribution is -0.274. The van der Waals surface area contributed by atoms with Crippen molar-refractivity contribution in [2.75, 3.05) is 5.32 Å². The predicted molar refractivity (Wildman–Crippen MR) is 73.3 cm³/mol. The first-order valence-corrected chi connectivity index (χ1v) is 6.15. The molecule has 1 aromatic rings. The highest BCUT2D eigenvalue weighted by Gasteiger charge is 2.32. The molecule has 0 saturated heterocycles. The van der Waals surface area contributed by atoms with Crippen LogP contribution in [0.5, 0.6) is 5.75 Å². The Bertz CT molecular complexity index is 691. The summed E-state index contributed by atoms with van der Waals surface area (Å²) in [4.78, 5) is 0. The van der Waals surface area contributed by atoms with Gasteiger partial charge in [0.2, 0.25) is 0 Å². The zero-order chi connectivity index (χ0) is 16.0. The van der Waals surface area contributed by atoms with Gasteiger partial charge in [0.05, 0.1) is 5.69 Å². The lowest BCUT2D eigenvalue weighted by Crippen LogP contribution is -2.18. The number of nitrogens with zero attached hydrogens (tertiary/aromatic N) is 3. The molecule has 0 radical (unpaired) electrons. The Morgan fingerprint density at radius 1 is 1.14 bits per heavy atom. The molecular weight excluding hydrogens is 400 g/mol. The standard InChI is InChI=1S/C12H4F3IN4O/c13-12(14,15)21-11-3-8(16)1-2-9(11)20-10(6-19)7(4-17)5-18/h1-3,20H. The lowest BCUT2D eigenvalue weighted by atomic mass is 10.2. The molecule has 0 atom stereocenters. The SMILES string of the molecule is N#CC(C#N)=C(C#N)Nc1ccc(I)cc1OC(F)(F)F. The molecule has 1 N–H and O–H groups in total. The summed E-state index contributed by atoms with van der Waals surface area (Å²) in [5, 5.41) is 28.5. The van der Waals surface area contributed by atoms with Crippen LogP contribution in [0, 0.1) is 37.6 Å². The Hall–Kier alpha value is -2.45. The van der Waals surface area contributed by atoms with Crippen LogP contribution >= 0.6 is 22.6 Å². The van der Waals surface area contributed by atoms with Gasteiger partial charge in [0.1, 0.15) is 23.9 Å². The van der Waals surface area contributed by atoms with Crippen LogP contribution in [-0.2, 0) is 0 Å². The van der Waals surface area contributed by atoms with Gasteiger partial charge in [0, 0.05) is 3.57 Å². The van der Waals surface area contributed by atoms with Crippen LogP contribution in [0.25, 0.3) is 0 Å². The Morgan fingerprint density at radius 3 is 2.24 bits per heavy atom. The number of halogens is 4. The largest absolute Gasteiger partial charge is 0.573 e. The van der Waals surface area contributed by atoms with Crippen LogP contribution < -0.4 is 10.1 Å². The summed E-state index contributed by atoms with van der Waals surface area (Å²) < 4.78 is 41.3. The monoisotopic (exact) mass is 404 g/mol.